The van der Waals surface area contributed by atoms with Crippen molar-refractivity contribution in [2.45, 2.75) is 91.5 Å². The SMILES string of the molecule is Cc1ccsc1-c1ccc(CNC(=O)[C@@H]2C[C@@H](O)CN2C(=O)[C@@H](NC(=O)COCCCOc2ccc3c(c2)-c2c(C(N)=O)cc(-c4c(C)noc4C)cc2C3Cc2ccccc2)C(C)(C)C)cc1. The summed E-state index contributed by atoms with van der Waals surface area (Å²) in [5.74, 6) is -0.607. The molecule has 14 heteroatoms. The molecule has 4 amide bonds. The minimum absolute atomic E-state index is 0.0214. The van der Waals surface area contributed by atoms with Crippen LogP contribution in [0.25, 0.3) is 32.7 Å². The fourth-order valence-corrected chi connectivity index (χ4v) is 10.4. The van der Waals surface area contributed by atoms with Crippen molar-refractivity contribution in [1.29, 1.82) is 0 Å². The highest BCUT2D eigenvalue weighted by Crippen LogP contribution is 2.51. The third kappa shape index (κ3) is 10.4. The Morgan fingerprint density at radius 1 is 0.912 bits per heavy atom. The Kier molecular flexibility index (Phi) is 14.3. The Labute approximate surface area is 401 Å². The molecule has 4 atom stereocenters. The van der Waals surface area contributed by atoms with E-state index in [2.05, 4.69) is 58.4 Å². The van der Waals surface area contributed by atoms with Crippen LogP contribution in [0.5, 0.6) is 5.75 Å². The number of hydrogen-bond acceptors (Lipinski definition) is 10. The number of carbonyl (C=O) groups excluding carboxylic acids is 4. The molecule has 8 rings (SSSR count). The van der Waals surface area contributed by atoms with Gasteiger partial charge in [0.25, 0.3) is 0 Å². The third-order valence-corrected chi connectivity index (χ3v) is 13.9. The highest BCUT2D eigenvalue weighted by molar-refractivity contribution is 7.13. The molecule has 13 nitrogen and oxygen atoms in total. The van der Waals surface area contributed by atoms with E-state index in [-0.39, 0.29) is 44.5 Å². The van der Waals surface area contributed by atoms with E-state index in [1.54, 1.807) is 11.3 Å². The van der Waals surface area contributed by atoms with Gasteiger partial charge in [-0.25, -0.2) is 0 Å². The average Bonchev–Trinajstić information content (AvgIpc) is 4.09. The van der Waals surface area contributed by atoms with Gasteiger partial charge in [-0.1, -0.05) is 86.6 Å². The van der Waals surface area contributed by atoms with Crippen LogP contribution in [0.15, 0.2) is 101 Å². The Hall–Kier alpha value is -6.61. The molecule has 1 fully saturated rings. The smallest absolute Gasteiger partial charge is 0.249 e. The number of carbonyl (C=O) groups is 4. The van der Waals surface area contributed by atoms with Crippen molar-refractivity contribution in [3.8, 4) is 38.4 Å². The number of primary amides is 1. The number of aromatic nitrogens is 1. The lowest BCUT2D eigenvalue weighted by Crippen LogP contribution is -2.58. The van der Waals surface area contributed by atoms with Crippen LogP contribution in [0.1, 0.15) is 89.2 Å². The molecule has 354 valence electrons. The van der Waals surface area contributed by atoms with Gasteiger partial charge in [0.05, 0.1) is 25.0 Å². The molecule has 1 saturated heterocycles. The van der Waals surface area contributed by atoms with E-state index in [4.69, 9.17) is 19.7 Å². The monoisotopic (exact) mass is 937 g/mol. The van der Waals surface area contributed by atoms with Gasteiger partial charge in [-0.15, -0.1) is 11.3 Å². The third-order valence-electron chi connectivity index (χ3n) is 12.8. The number of rotatable bonds is 17. The highest BCUT2D eigenvalue weighted by atomic mass is 32.1. The number of nitrogens with one attached hydrogen (secondary N) is 2. The number of ether oxygens (including phenoxy) is 2. The number of nitrogens with zero attached hydrogens (tertiary/aromatic N) is 2. The van der Waals surface area contributed by atoms with Crippen LogP contribution in [-0.4, -0.2) is 83.3 Å². The summed E-state index contributed by atoms with van der Waals surface area (Å²) in [7, 11) is 0. The Balaban J connectivity index is 0.862. The summed E-state index contributed by atoms with van der Waals surface area (Å²) in [5.41, 5.74) is 16.3. The summed E-state index contributed by atoms with van der Waals surface area (Å²) in [6.45, 7) is 11.8. The quantitative estimate of drug-likeness (QED) is 0.0657. The normalized spacial score (nSPS) is 16.8. The van der Waals surface area contributed by atoms with E-state index in [1.165, 1.54) is 15.3 Å². The van der Waals surface area contributed by atoms with Crippen molar-refractivity contribution in [2.75, 3.05) is 26.4 Å². The van der Waals surface area contributed by atoms with Crippen molar-refractivity contribution in [3.63, 3.8) is 0 Å². The zero-order valence-corrected chi connectivity index (χ0v) is 40.2. The van der Waals surface area contributed by atoms with Gasteiger partial charge in [0, 0.05) is 47.9 Å². The molecule has 68 heavy (non-hydrogen) atoms. The van der Waals surface area contributed by atoms with Crippen LogP contribution < -0.4 is 21.1 Å². The molecule has 6 aromatic rings. The maximum Gasteiger partial charge on any atom is 0.249 e. The van der Waals surface area contributed by atoms with E-state index >= 15 is 0 Å². The second-order valence-electron chi connectivity index (χ2n) is 18.9. The Morgan fingerprint density at radius 3 is 2.35 bits per heavy atom. The number of aliphatic hydroxyl groups is 1. The number of thiophene rings is 1. The molecular weight excluding hydrogens is 879 g/mol. The van der Waals surface area contributed by atoms with Crippen LogP contribution in [0, 0.1) is 26.2 Å². The van der Waals surface area contributed by atoms with Gasteiger partial charge in [0.1, 0.15) is 30.2 Å². The van der Waals surface area contributed by atoms with E-state index in [0.29, 0.717) is 36.5 Å². The molecular formula is C54H59N5O8S. The fourth-order valence-electron chi connectivity index (χ4n) is 9.44. The molecule has 0 saturated carbocycles. The summed E-state index contributed by atoms with van der Waals surface area (Å²) in [6.07, 6.45) is 0.394. The predicted octanol–water partition coefficient (Wildman–Crippen LogP) is 8.04. The van der Waals surface area contributed by atoms with Gasteiger partial charge in [-0.2, -0.15) is 0 Å². The molecule has 3 heterocycles. The molecule has 1 unspecified atom stereocenters. The van der Waals surface area contributed by atoms with Crippen molar-refractivity contribution >= 4 is 35.0 Å². The number of amides is 4. The Morgan fingerprint density at radius 2 is 1.68 bits per heavy atom. The molecule has 0 spiro atoms. The first-order valence-corrected chi connectivity index (χ1v) is 23.9. The second-order valence-corrected chi connectivity index (χ2v) is 19.8. The Bertz CT molecular complexity index is 2790. The van der Waals surface area contributed by atoms with Gasteiger partial charge in [-0.05, 0) is 118 Å². The van der Waals surface area contributed by atoms with Gasteiger partial charge < -0.3 is 40.4 Å². The standard InChI is InChI=1S/C54H59N5O8S/c1-31-19-22-68-49(31)36-15-13-35(14-16-36)28-56-52(63)45-26-38(60)29-59(45)53(64)50(54(4,5)6)57-46(61)30-65-20-10-21-66-39-17-18-40-41(23-34-11-8-7-9-12-34)42-24-37(47-32(2)58-67-33(47)3)25-44(51(55)62)48(42)43(40)27-39/h7-9,11-19,22,24-25,27,38,41,45,50,60H,10,20-21,23,26,28-30H2,1-6H3,(H2,55,62)(H,56,63)(H,57,61)/t38-,41?,45+,50-/m1/s1. The van der Waals surface area contributed by atoms with Crippen molar-refractivity contribution in [3.05, 3.63) is 141 Å². The number of aryl methyl sites for hydroxylation is 3. The molecule has 1 aliphatic carbocycles. The van der Waals surface area contributed by atoms with Gasteiger partial charge in [-0.3, -0.25) is 19.2 Å². The van der Waals surface area contributed by atoms with Crippen molar-refractivity contribution in [1.82, 2.24) is 20.7 Å². The largest absolute Gasteiger partial charge is 0.493 e. The molecule has 1 aliphatic heterocycles. The van der Waals surface area contributed by atoms with E-state index < -0.39 is 41.3 Å². The van der Waals surface area contributed by atoms with Crippen LogP contribution in [-0.2, 0) is 32.1 Å². The predicted molar refractivity (Wildman–Crippen MR) is 262 cm³/mol. The lowest BCUT2D eigenvalue weighted by molar-refractivity contribution is -0.144. The van der Waals surface area contributed by atoms with E-state index in [1.807, 2.05) is 95.3 Å². The first-order valence-electron chi connectivity index (χ1n) is 23.1. The van der Waals surface area contributed by atoms with Gasteiger partial charge in [0.2, 0.25) is 23.6 Å². The number of nitrogens with two attached hydrogens (primary N) is 1. The molecule has 2 aliphatic rings. The summed E-state index contributed by atoms with van der Waals surface area (Å²) in [6, 6.07) is 28.3. The molecule has 4 aromatic carbocycles. The number of aliphatic hydroxyl groups excluding tert-OH is 1. The second kappa shape index (κ2) is 20.3. The van der Waals surface area contributed by atoms with Crippen molar-refractivity contribution in [2.24, 2.45) is 11.1 Å². The number of benzene rings is 4. The number of β-amino-alcohol motifs (C(OH)–C–C–N with tert-alkyl or cyclic N) is 1. The molecule has 2 aromatic heterocycles. The van der Waals surface area contributed by atoms with E-state index in [9.17, 15) is 24.3 Å². The lowest BCUT2D eigenvalue weighted by Gasteiger charge is -2.35. The zero-order chi connectivity index (χ0) is 48.3. The zero-order valence-electron chi connectivity index (χ0n) is 39.4. The number of likely N-dealkylation sites (tertiary alicyclic amines) is 1. The molecule has 0 bridgehead atoms. The minimum atomic E-state index is -0.981. The first kappa shape index (κ1) is 47.9. The van der Waals surface area contributed by atoms with Crippen molar-refractivity contribution < 1.29 is 38.3 Å². The average molecular weight is 938 g/mol. The minimum Gasteiger partial charge on any atom is -0.493 e. The number of fused-ring (bicyclic) bond motifs is 3. The van der Waals surface area contributed by atoms with E-state index in [0.717, 1.165) is 55.8 Å². The summed E-state index contributed by atoms with van der Waals surface area (Å²) < 4.78 is 17.4. The maximum absolute atomic E-state index is 14.1. The molecule has 5 N–H and O–H groups in total. The molecule has 0 radical (unpaired) electrons. The highest BCUT2D eigenvalue weighted by Gasteiger charge is 2.44. The van der Waals surface area contributed by atoms with Gasteiger partial charge in [0.15, 0.2) is 0 Å². The summed E-state index contributed by atoms with van der Waals surface area (Å²) >= 11 is 1.68. The van der Waals surface area contributed by atoms with Crippen LogP contribution in [0.2, 0.25) is 0 Å². The van der Waals surface area contributed by atoms with Gasteiger partial charge >= 0.3 is 0 Å². The first-order chi connectivity index (χ1) is 32.6. The van der Waals surface area contributed by atoms with Crippen LogP contribution in [0.3, 0.4) is 0 Å². The topological polar surface area (TPSA) is 186 Å². The number of hydrogen-bond donors (Lipinski definition) is 4. The lowest BCUT2D eigenvalue weighted by atomic mass is 9.85. The summed E-state index contributed by atoms with van der Waals surface area (Å²) in [5, 5.41) is 22.6. The maximum atomic E-state index is 14.1. The van der Waals surface area contributed by atoms with Crippen LogP contribution in [0.4, 0.5) is 0 Å². The summed E-state index contributed by atoms with van der Waals surface area (Å²) in [4.78, 5) is 56.6. The fraction of sp³-hybridized carbons (Fsp3) is 0.352. The van der Waals surface area contributed by atoms with Crippen LogP contribution >= 0.6 is 11.3 Å².